The summed E-state index contributed by atoms with van der Waals surface area (Å²) in [7, 11) is 0. The summed E-state index contributed by atoms with van der Waals surface area (Å²) >= 11 is 0. The van der Waals surface area contributed by atoms with Crippen LogP contribution in [0.25, 0.3) is 0 Å². The molecule has 2 aliphatic rings. The van der Waals surface area contributed by atoms with Gasteiger partial charge in [-0.2, -0.15) is 0 Å². The number of nitrogens with one attached hydrogen (secondary N) is 4. The minimum Gasteiger partial charge on any atom is -0.550 e. The van der Waals surface area contributed by atoms with Crippen LogP contribution in [0.1, 0.15) is 108 Å². The number of hydrogen-bond acceptors (Lipinski definition) is 12. The minimum atomic E-state index is -1.22. The molecule has 0 radical (unpaired) electrons. The maximum atomic E-state index is 13.2. The number of carboxylic acid groups (broad SMARTS) is 2. The van der Waals surface area contributed by atoms with Gasteiger partial charge in [-0.15, -0.1) is 0 Å². The predicted octanol–water partition coefficient (Wildman–Crippen LogP) is -0.326. The van der Waals surface area contributed by atoms with Crippen LogP contribution in [-0.2, 0) is 38.2 Å². The first-order valence-corrected chi connectivity index (χ1v) is 23.2. The number of allylic oxidation sites excluding steroid dienone is 20. The molecule has 0 aromatic rings. The number of carboxylic acids is 2. The maximum absolute atomic E-state index is 13.2. The first kappa shape index (κ1) is 66.9. The van der Waals surface area contributed by atoms with Gasteiger partial charge in [-0.3, -0.25) is 19.2 Å². The summed E-state index contributed by atoms with van der Waals surface area (Å²) in [5, 5.41) is 30.6. The second-order valence-electron chi connectivity index (χ2n) is 18.5. The van der Waals surface area contributed by atoms with Crippen LogP contribution >= 0.6 is 0 Å². The summed E-state index contributed by atoms with van der Waals surface area (Å²) in [6.45, 7) is 18.5. The van der Waals surface area contributed by atoms with E-state index in [1.54, 1.807) is 13.8 Å². The van der Waals surface area contributed by atoms with Crippen LogP contribution in [0.2, 0.25) is 0 Å². The number of urea groups is 2. The quantitative estimate of drug-likeness (QED) is 0.0421. The third kappa shape index (κ3) is 25.5. The van der Waals surface area contributed by atoms with E-state index < -0.39 is 72.1 Å². The number of ketones is 2. The van der Waals surface area contributed by atoms with Crippen LogP contribution in [0.3, 0.4) is 0 Å². The van der Waals surface area contributed by atoms with Gasteiger partial charge in [0.15, 0.2) is 23.8 Å². The molecule has 4 N–H and O–H groups in total. The maximum Gasteiger partial charge on any atom is 1.00 e. The average molecular weight is 1010 g/mol. The van der Waals surface area contributed by atoms with Crippen molar-refractivity contribution in [1.82, 2.24) is 21.3 Å². The molecular weight excluding hydrogens is 943 g/mol. The number of rotatable bonds is 24. The summed E-state index contributed by atoms with van der Waals surface area (Å²) in [5.41, 5.74) is 5.69. The number of ether oxygens (including phenoxy) is 2. The van der Waals surface area contributed by atoms with E-state index in [0.29, 0.717) is 11.1 Å². The van der Waals surface area contributed by atoms with E-state index >= 15 is 0 Å². The Hall–Kier alpha value is -5.10. The van der Waals surface area contributed by atoms with Crippen molar-refractivity contribution in [3.05, 3.63) is 130 Å². The number of esters is 2. The van der Waals surface area contributed by atoms with Gasteiger partial charge in [0.05, 0.1) is 0 Å². The molecule has 2 unspecified atom stereocenters. The van der Waals surface area contributed by atoms with Crippen molar-refractivity contribution in [3.63, 3.8) is 0 Å². The number of Topliss-reactive ketones (excluding diaryl/α,β-unsaturated/α-hetero) is 2. The molecule has 0 fully saturated rings. The number of aliphatic carboxylic acids is 2. The molecule has 2 aliphatic carbocycles. The first-order chi connectivity index (χ1) is 32.8. The van der Waals surface area contributed by atoms with Crippen molar-refractivity contribution in [2.75, 3.05) is 26.2 Å². The van der Waals surface area contributed by atoms with E-state index in [2.05, 4.69) is 21.3 Å². The van der Waals surface area contributed by atoms with E-state index in [4.69, 9.17) is 9.47 Å². The monoisotopic (exact) mass is 1010 g/mol. The summed E-state index contributed by atoms with van der Waals surface area (Å²) < 4.78 is 10.9. The normalized spacial score (nSPS) is 18.6. The molecule has 0 bridgehead atoms. The van der Waals surface area contributed by atoms with Crippen LogP contribution in [0.15, 0.2) is 130 Å². The zero-order valence-electron chi connectivity index (χ0n) is 44.2. The smallest absolute Gasteiger partial charge is 0.550 e. The Morgan fingerprint density at radius 3 is 1.19 bits per heavy atom. The van der Waals surface area contributed by atoms with Crippen molar-refractivity contribution < 1.29 is 117 Å². The predicted molar refractivity (Wildman–Crippen MR) is 264 cm³/mol. The summed E-state index contributed by atoms with van der Waals surface area (Å²) in [6.07, 6.45) is 26.0. The van der Waals surface area contributed by atoms with E-state index in [1.807, 2.05) is 140 Å². The standard InChI is InChI=1S/C54H72N4O12.2Na/c1-35(19-13-21-37(3)25-27-41-39(5)49(65)43(31-53(41,7)8)69-47(63)33-57-51(67)55-29-15-23-45(59)60)17-11-12-18-36(2)20-14-22-38(4)26-28-42-40(6)50(66)44(32-54(42,9)10)70-48(64)34-58-52(68)56-30-16-24-46(61)62;;/h11-14,17-22,25-28,43-44H,15-16,23-24,29-34H2,1-10H3,(H,59,60)(H,61,62)(H2,55,57,67)(H2,56,58,68);;/q;2*+1/p-2. The van der Waals surface area contributed by atoms with Crippen LogP contribution in [-0.4, -0.2) is 85.9 Å². The van der Waals surface area contributed by atoms with Gasteiger partial charge in [0, 0.05) is 37.9 Å². The van der Waals surface area contributed by atoms with Crippen molar-refractivity contribution in [2.24, 2.45) is 10.8 Å². The Morgan fingerprint density at radius 1 is 0.542 bits per heavy atom. The molecule has 16 nitrogen and oxygen atoms in total. The molecule has 0 spiro atoms. The number of amides is 4. The van der Waals surface area contributed by atoms with Crippen molar-refractivity contribution in [1.29, 1.82) is 0 Å². The Balaban J connectivity index is 0.0000252. The number of carbonyl (C=O) groups is 8. The van der Waals surface area contributed by atoms with Gasteiger partial charge in [-0.25, -0.2) is 9.59 Å². The molecule has 0 saturated carbocycles. The summed E-state index contributed by atoms with van der Waals surface area (Å²) in [4.78, 5) is 96.1. The van der Waals surface area contributed by atoms with Crippen LogP contribution in [0.4, 0.5) is 9.59 Å². The number of hydrogen-bond donors (Lipinski definition) is 4. The minimum absolute atomic E-state index is 0. The average Bonchev–Trinajstić information content (AvgIpc) is 3.27. The Bertz CT molecular complexity index is 2180. The zero-order chi connectivity index (χ0) is 52.6. The molecule has 2 atom stereocenters. The number of carbonyl (C=O) groups excluding carboxylic acids is 8. The first-order valence-electron chi connectivity index (χ1n) is 23.2. The molecular formula is C54H70N4Na2O12. The van der Waals surface area contributed by atoms with E-state index in [-0.39, 0.29) is 122 Å². The molecule has 380 valence electrons. The van der Waals surface area contributed by atoms with Gasteiger partial charge >= 0.3 is 83.1 Å². The van der Waals surface area contributed by atoms with Crippen LogP contribution < -0.4 is 90.6 Å². The van der Waals surface area contributed by atoms with Gasteiger partial charge in [0.1, 0.15) is 13.1 Å². The van der Waals surface area contributed by atoms with Crippen molar-refractivity contribution in [2.45, 2.75) is 120 Å². The molecule has 0 aromatic carbocycles. The van der Waals surface area contributed by atoms with E-state index in [0.717, 1.165) is 33.4 Å². The van der Waals surface area contributed by atoms with Crippen LogP contribution in [0.5, 0.6) is 0 Å². The third-order valence-electron chi connectivity index (χ3n) is 11.3. The van der Waals surface area contributed by atoms with Crippen molar-refractivity contribution >= 4 is 47.5 Å². The molecule has 2 rings (SSSR count). The third-order valence-corrected chi connectivity index (χ3v) is 11.3. The SMILES string of the molecule is CC(C=CC=C(C)C=CC1=C(C)C(=O)C(OC(=O)CNC(=O)NCCCC(=O)[O-])CC1(C)C)=CC=CC=C(C)C=CC=C(C)C=CC1=C(C)C(=O)C(OC(=O)CNC(=O)NCCCC(=O)[O-])CC1(C)C.[Na+].[Na+]. The fourth-order valence-electron chi connectivity index (χ4n) is 7.46. The van der Waals surface area contributed by atoms with Crippen LogP contribution in [0, 0.1) is 10.8 Å². The van der Waals surface area contributed by atoms with Gasteiger partial charge in [-0.05, 0) is 100 Å². The molecule has 0 saturated heterocycles. The summed E-state index contributed by atoms with van der Waals surface area (Å²) in [5.74, 6) is -4.55. The molecule has 0 aliphatic heterocycles. The second-order valence-corrected chi connectivity index (χ2v) is 18.5. The van der Waals surface area contributed by atoms with Gasteiger partial charge in [0.25, 0.3) is 0 Å². The van der Waals surface area contributed by atoms with Gasteiger partial charge in [-0.1, -0.05) is 135 Å². The topological polar surface area (TPSA) is 249 Å². The Morgan fingerprint density at radius 2 is 0.861 bits per heavy atom. The largest absolute Gasteiger partial charge is 1.00 e. The van der Waals surface area contributed by atoms with Crippen molar-refractivity contribution in [3.8, 4) is 0 Å². The van der Waals surface area contributed by atoms with Gasteiger partial charge < -0.3 is 50.5 Å². The molecule has 72 heavy (non-hydrogen) atoms. The zero-order valence-corrected chi connectivity index (χ0v) is 48.2. The molecule has 18 heteroatoms. The van der Waals surface area contributed by atoms with E-state index in [1.165, 1.54) is 0 Å². The summed E-state index contributed by atoms with van der Waals surface area (Å²) in [6, 6.07) is -1.31. The Kier molecular flexibility index (Phi) is 31.2. The Labute approximate surface area is 469 Å². The van der Waals surface area contributed by atoms with Gasteiger partial charge in [0.2, 0.25) is 0 Å². The second kappa shape index (κ2) is 33.6. The fraction of sp³-hybridized carbons (Fsp3) is 0.444. The fourth-order valence-corrected chi connectivity index (χ4v) is 7.46. The molecule has 4 amide bonds. The molecule has 0 aromatic heterocycles. The van der Waals surface area contributed by atoms with E-state index in [9.17, 15) is 48.6 Å². The molecule has 0 heterocycles.